The molecule has 19 heavy (non-hydrogen) atoms. The highest BCUT2D eigenvalue weighted by Crippen LogP contribution is 2.62. The number of fused-ring (bicyclic) bond motifs is 3. The van der Waals surface area contributed by atoms with E-state index in [-0.39, 0.29) is 5.60 Å². The smallest absolute Gasteiger partial charge is 0.0653 e. The molecule has 3 aliphatic rings. The lowest BCUT2D eigenvalue weighted by molar-refractivity contribution is 0.0303. The van der Waals surface area contributed by atoms with Crippen molar-refractivity contribution in [2.45, 2.75) is 44.1 Å². The number of rotatable bonds is 2. The number of hydrogen-bond donors (Lipinski definition) is 1. The van der Waals surface area contributed by atoms with E-state index in [4.69, 9.17) is 11.6 Å². The first-order chi connectivity index (χ1) is 9.15. The Bertz CT molecular complexity index is 500. The van der Waals surface area contributed by atoms with Gasteiger partial charge in [0, 0.05) is 5.02 Å². The highest BCUT2D eigenvalue weighted by atomic mass is 35.5. The van der Waals surface area contributed by atoms with E-state index in [1.165, 1.54) is 18.4 Å². The van der Waals surface area contributed by atoms with Crippen LogP contribution in [0.3, 0.4) is 0 Å². The normalized spacial score (nSPS) is 43.7. The predicted octanol–water partition coefficient (Wildman–Crippen LogP) is 4.07. The average molecular weight is 277 g/mol. The van der Waals surface area contributed by atoms with Gasteiger partial charge in [0.2, 0.25) is 0 Å². The first-order valence-corrected chi connectivity index (χ1v) is 7.98. The van der Waals surface area contributed by atoms with Crippen molar-refractivity contribution in [2.24, 2.45) is 23.7 Å². The van der Waals surface area contributed by atoms with E-state index in [2.05, 4.69) is 12.1 Å². The molecule has 3 saturated carbocycles. The van der Waals surface area contributed by atoms with Gasteiger partial charge in [0.05, 0.1) is 5.60 Å². The largest absolute Gasteiger partial charge is 0.390 e. The van der Waals surface area contributed by atoms with Gasteiger partial charge in [-0.15, -0.1) is 0 Å². The van der Waals surface area contributed by atoms with E-state index >= 15 is 0 Å². The Hall–Kier alpha value is -0.530. The zero-order valence-corrected chi connectivity index (χ0v) is 11.9. The molecule has 2 heteroatoms. The second-order valence-corrected chi connectivity index (χ2v) is 7.47. The Balaban J connectivity index is 1.50. The monoisotopic (exact) mass is 276 g/mol. The van der Waals surface area contributed by atoms with E-state index in [9.17, 15) is 5.11 Å². The van der Waals surface area contributed by atoms with Gasteiger partial charge in [-0.2, -0.15) is 0 Å². The summed E-state index contributed by atoms with van der Waals surface area (Å²) in [5, 5.41) is 11.5. The predicted molar refractivity (Wildman–Crippen MR) is 77.2 cm³/mol. The standard InChI is InChI=1S/C17H21ClO/c18-16-4-2-1-3-12(16)8-14-13-7-11-5-6-17(19,9-11)10-15(13)14/h1-4,11,13-15,19H,5-10H2/t11?,13?,14-,15?,17+/m0/s1. The Kier molecular flexibility index (Phi) is 2.72. The molecule has 2 bridgehead atoms. The van der Waals surface area contributed by atoms with Crippen LogP contribution in [-0.2, 0) is 6.42 Å². The van der Waals surface area contributed by atoms with Gasteiger partial charge in [0.1, 0.15) is 0 Å². The fourth-order valence-electron chi connectivity index (χ4n) is 4.82. The lowest BCUT2D eigenvalue weighted by atomic mass is 9.93. The molecule has 0 amide bonds. The van der Waals surface area contributed by atoms with Crippen LogP contribution >= 0.6 is 11.6 Å². The molecule has 1 aromatic rings. The van der Waals surface area contributed by atoms with Gasteiger partial charge in [0.25, 0.3) is 0 Å². The van der Waals surface area contributed by atoms with E-state index in [0.29, 0.717) is 0 Å². The fraction of sp³-hybridized carbons (Fsp3) is 0.647. The third-order valence-electron chi connectivity index (χ3n) is 5.83. The highest BCUT2D eigenvalue weighted by Gasteiger charge is 2.57. The van der Waals surface area contributed by atoms with Crippen molar-refractivity contribution in [1.82, 2.24) is 0 Å². The van der Waals surface area contributed by atoms with Gasteiger partial charge >= 0.3 is 0 Å². The minimum absolute atomic E-state index is 0.320. The van der Waals surface area contributed by atoms with Crippen LogP contribution in [0, 0.1) is 23.7 Å². The van der Waals surface area contributed by atoms with Crippen LogP contribution in [0.2, 0.25) is 5.02 Å². The van der Waals surface area contributed by atoms with Crippen LogP contribution in [0.1, 0.15) is 37.7 Å². The summed E-state index contributed by atoms with van der Waals surface area (Å²) in [6.45, 7) is 0. The van der Waals surface area contributed by atoms with E-state index in [0.717, 1.165) is 54.4 Å². The molecular weight excluding hydrogens is 256 g/mol. The molecule has 0 radical (unpaired) electrons. The lowest BCUT2D eigenvalue weighted by Gasteiger charge is -2.22. The molecule has 102 valence electrons. The van der Waals surface area contributed by atoms with Crippen molar-refractivity contribution in [2.75, 3.05) is 0 Å². The molecule has 3 fully saturated rings. The van der Waals surface area contributed by atoms with Gasteiger partial charge in [-0.3, -0.25) is 0 Å². The van der Waals surface area contributed by atoms with Gasteiger partial charge in [-0.05, 0) is 73.8 Å². The van der Waals surface area contributed by atoms with Crippen LogP contribution < -0.4 is 0 Å². The number of benzene rings is 1. The van der Waals surface area contributed by atoms with Crippen LogP contribution in [0.5, 0.6) is 0 Å². The second-order valence-electron chi connectivity index (χ2n) is 7.06. The highest BCUT2D eigenvalue weighted by molar-refractivity contribution is 6.31. The Morgan fingerprint density at radius 1 is 1.21 bits per heavy atom. The van der Waals surface area contributed by atoms with E-state index in [1.54, 1.807) is 0 Å². The number of aliphatic hydroxyl groups is 1. The Labute approximate surface area is 120 Å². The summed E-state index contributed by atoms with van der Waals surface area (Å²) in [7, 11) is 0. The van der Waals surface area contributed by atoms with Gasteiger partial charge in [-0.1, -0.05) is 29.8 Å². The van der Waals surface area contributed by atoms with Gasteiger partial charge in [-0.25, -0.2) is 0 Å². The molecule has 5 atom stereocenters. The SMILES string of the molecule is O[C@@]12CCC(CC3C(C1)[C@H]3Cc1ccccc1Cl)C2. The van der Waals surface area contributed by atoms with Crippen molar-refractivity contribution in [3.63, 3.8) is 0 Å². The third-order valence-corrected chi connectivity index (χ3v) is 6.20. The zero-order valence-electron chi connectivity index (χ0n) is 11.2. The van der Waals surface area contributed by atoms with Crippen LogP contribution in [-0.4, -0.2) is 10.7 Å². The maximum absolute atomic E-state index is 10.6. The summed E-state index contributed by atoms with van der Waals surface area (Å²) >= 11 is 6.27. The maximum atomic E-state index is 10.6. The Morgan fingerprint density at radius 2 is 2.05 bits per heavy atom. The lowest BCUT2D eigenvalue weighted by Crippen LogP contribution is -2.25. The van der Waals surface area contributed by atoms with Crippen LogP contribution in [0.4, 0.5) is 0 Å². The second kappa shape index (κ2) is 4.23. The van der Waals surface area contributed by atoms with Crippen LogP contribution in [0.15, 0.2) is 24.3 Å². The van der Waals surface area contributed by atoms with Gasteiger partial charge in [0.15, 0.2) is 0 Å². The molecule has 0 saturated heterocycles. The summed E-state index contributed by atoms with van der Waals surface area (Å²) in [4.78, 5) is 0. The summed E-state index contributed by atoms with van der Waals surface area (Å²) < 4.78 is 0. The summed E-state index contributed by atoms with van der Waals surface area (Å²) in [5.74, 6) is 3.17. The molecule has 1 aromatic carbocycles. The van der Waals surface area contributed by atoms with Crippen molar-refractivity contribution in [3.05, 3.63) is 34.9 Å². The summed E-state index contributed by atoms with van der Waals surface area (Å²) in [5.41, 5.74) is 0.973. The summed E-state index contributed by atoms with van der Waals surface area (Å²) in [6, 6.07) is 8.23. The third kappa shape index (κ3) is 2.11. The van der Waals surface area contributed by atoms with Crippen molar-refractivity contribution < 1.29 is 5.11 Å². The number of hydrogen-bond acceptors (Lipinski definition) is 1. The Morgan fingerprint density at radius 3 is 2.89 bits per heavy atom. The van der Waals surface area contributed by atoms with Crippen LogP contribution in [0.25, 0.3) is 0 Å². The molecule has 0 spiro atoms. The van der Waals surface area contributed by atoms with Crippen molar-refractivity contribution in [3.8, 4) is 0 Å². The first-order valence-electron chi connectivity index (χ1n) is 7.60. The van der Waals surface area contributed by atoms with Crippen molar-refractivity contribution in [1.29, 1.82) is 0 Å². The minimum Gasteiger partial charge on any atom is -0.390 e. The van der Waals surface area contributed by atoms with E-state index < -0.39 is 0 Å². The molecule has 1 N–H and O–H groups in total. The fourth-order valence-corrected chi connectivity index (χ4v) is 5.03. The molecule has 0 aromatic heterocycles. The molecule has 3 unspecified atom stereocenters. The summed E-state index contributed by atoms with van der Waals surface area (Å²) in [6.07, 6.45) is 6.86. The van der Waals surface area contributed by atoms with Gasteiger partial charge < -0.3 is 5.11 Å². The van der Waals surface area contributed by atoms with Crippen molar-refractivity contribution >= 4 is 11.6 Å². The molecule has 3 aliphatic carbocycles. The topological polar surface area (TPSA) is 20.2 Å². The molecule has 0 heterocycles. The molecular formula is C17H21ClO. The van der Waals surface area contributed by atoms with E-state index in [1.807, 2.05) is 12.1 Å². The quantitative estimate of drug-likeness (QED) is 0.863. The number of halogens is 1. The molecule has 0 aliphatic heterocycles. The first kappa shape index (κ1) is 12.2. The molecule has 1 nitrogen and oxygen atoms in total. The maximum Gasteiger partial charge on any atom is 0.0653 e. The zero-order chi connectivity index (χ0) is 13.0. The average Bonchev–Trinajstić information content (AvgIpc) is 2.85. The molecule has 4 rings (SSSR count). The minimum atomic E-state index is -0.320.